The van der Waals surface area contributed by atoms with E-state index in [4.69, 9.17) is 4.74 Å². The Morgan fingerprint density at radius 3 is 2.48 bits per heavy atom. The molecule has 0 unspecified atom stereocenters. The van der Waals surface area contributed by atoms with Gasteiger partial charge in [0, 0.05) is 26.6 Å². The summed E-state index contributed by atoms with van der Waals surface area (Å²) < 4.78 is 6.32. The molecule has 1 heterocycles. The van der Waals surface area contributed by atoms with Gasteiger partial charge in [0.15, 0.2) is 0 Å². The molecule has 21 heavy (non-hydrogen) atoms. The first-order valence-electron chi connectivity index (χ1n) is 7.66. The second-order valence-corrected chi connectivity index (χ2v) is 5.96. The molecule has 0 saturated carbocycles. The first-order chi connectivity index (χ1) is 10.2. The predicted molar refractivity (Wildman–Crippen MR) is 95.7 cm³/mol. The number of ether oxygens (including phenoxy) is 1. The molecule has 6 heteroatoms. The first-order valence-corrected chi connectivity index (χ1v) is 8.74. The zero-order chi connectivity index (χ0) is 15.7. The van der Waals surface area contributed by atoms with Crippen molar-refractivity contribution in [3.63, 3.8) is 0 Å². The molecule has 1 aromatic heterocycles. The van der Waals surface area contributed by atoms with Gasteiger partial charge >= 0.3 is 0 Å². The number of methoxy groups -OCH3 is 1. The Balaban J connectivity index is 2.88. The van der Waals surface area contributed by atoms with Crippen molar-refractivity contribution in [2.45, 2.75) is 40.2 Å². The molecule has 0 radical (unpaired) electrons. The van der Waals surface area contributed by atoms with Crippen LogP contribution < -0.4 is 5.32 Å². The monoisotopic (exact) mass is 406 g/mol. The number of halogens is 1. The molecule has 0 fully saturated rings. The number of aromatic nitrogens is 2. The minimum absolute atomic E-state index is 0.528. The van der Waals surface area contributed by atoms with E-state index in [-0.39, 0.29) is 0 Å². The van der Waals surface area contributed by atoms with Crippen molar-refractivity contribution in [3.8, 4) is 0 Å². The summed E-state index contributed by atoms with van der Waals surface area (Å²) in [6.07, 6.45) is 1.95. The van der Waals surface area contributed by atoms with Crippen LogP contribution in [0.4, 0.5) is 5.82 Å². The summed E-state index contributed by atoms with van der Waals surface area (Å²) in [6.45, 7) is 11.1. The van der Waals surface area contributed by atoms with E-state index in [1.807, 2.05) is 0 Å². The molecule has 0 bridgehead atoms. The maximum absolute atomic E-state index is 5.26. The summed E-state index contributed by atoms with van der Waals surface area (Å²) in [6, 6.07) is 0. The van der Waals surface area contributed by atoms with Crippen LogP contribution in [0.5, 0.6) is 0 Å². The second-order valence-electron chi connectivity index (χ2n) is 4.89. The van der Waals surface area contributed by atoms with Crippen LogP contribution in [0.3, 0.4) is 0 Å². The fraction of sp³-hybridized carbons (Fsp3) is 0.733. The highest BCUT2D eigenvalue weighted by molar-refractivity contribution is 14.1. The van der Waals surface area contributed by atoms with Crippen molar-refractivity contribution in [2.24, 2.45) is 0 Å². The van der Waals surface area contributed by atoms with Crippen LogP contribution in [0.2, 0.25) is 0 Å². The number of likely N-dealkylation sites (N-methyl/N-ethyl adjacent to an activating group) is 1. The van der Waals surface area contributed by atoms with Crippen LogP contribution in [0, 0.1) is 3.57 Å². The molecule has 1 N–H and O–H groups in total. The highest BCUT2D eigenvalue weighted by Crippen LogP contribution is 2.20. The molecule has 0 saturated heterocycles. The van der Waals surface area contributed by atoms with Crippen molar-refractivity contribution >= 4 is 28.4 Å². The molecule has 5 nitrogen and oxygen atoms in total. The number of nitrogens with one attached hydrogen (secondary N) is 1. The lowest BCUT2D eigenvalue weighted by molar-refractivity contribution is 0.180. The fourth-order valence-corrected chi connectivity index (χ4v) is 2.63. The minimum Gasteiger partial charge on any atom is -0.378 e. The van der Waals surface area contributed by atoms with Gasteiger partial charge in [-0.15, -0.1) is 0 Å². The quantitative estimate of drug-likeness (QED) is 0.606. The molecule has 120 valence electrons. The van der Waals surface area contributed by atoms with E-state index in [1.165, 1.54) is 0 Å². The third-order valence-corrected chi connectivity index (χ3v) is 4.47. The number of rotatable bonds is 10. The van der Waals surface area contributed by atoms with Gasteiger partial charge in [-0.25, -0.2) is 9.97 Å². The molecule has 0 amide bonds. The Hall–Kier alpha value is -0.470. The summed E-state index contributed by atoms with van der Waals surface area (Å²) in [5.41, 5.74) is 0.973. The fourth-order valence-electron chi connectivity index (χ4n) is 2.05. The van der Waals surface area contributed by atoms with E-state index < -0.39 is 0 Å². The summed E-state index contributed by atoms with van der Waals surface area (Å²) in [7, 11) is 1.70. The number of hydrogen-bond acceptors (Lipinski definition) is 5. The van der Waals surface area contributed by atoms with Crippen molar-refractivity contribution < 1.29 is 4.74 Å². The molecule has 0 atom stereocenters. The van der Waals surface area contributed by atoms with Crippen LogP contribution >= 0.6 is 22.6 Å². The Bertz CT molecular complexity index is 424. The Morgan fingerprint density at radius 1 is 1.19 bits per heavy atom. The highest BCUT2D eigenvalue weighted by atomic mass is 127. The van der Waals surface area contributed by atoms with Crippen molar-refractivity contribution in [3.05, 3.63) is 15.1 Å². The van der Waals surface area contributed by atoms with Crippen LogP contribution in [0.25, 0.3) is 0 Å². The maximum Gasteiger partial charge on any atom is 0.143 e. The van der Waals surface area contributed by atoms with Gasteiger partial charge in [-0.3, -0.25) is 0 Å². The zero-order valence-electron chi connectivity index (χ0n) is 13.6. The lowest BCUT2D eigenvalue weighted by atomic mass is 10.3. The van der Waals surface area contributed by atoms with Crippen molar-refractivity contribution in [2.75, 3.05) is 38.6 Å². The average molecular weight is 406 g/mol. The van der Waals surface area contributed by atoms with Crippen LogP contribution in [-0.4, -0.2) is 48.2 Å². The van der Waals surface area contributed by atoms with Gasteiger partial charge in [0.1, 0.15) is 11.6 Å². The largest absolute Gasteiger partial charge is 0.378 e. The van der Waals surface area contributed by atoms with Gasteiger partial charge in [-0.05, 0) is 42.1 Å². The molecular formula is C15H27IN4O. The van der Waals surface area contributed by atoms with Gasteiger partial charge in [0.25, 0.3) is 0 Å². The van der Waals surface area contributed by atoms with E-state index >= 15 is 0 Å². The van der Waals surface area contributed by atoms with Gasteiger partial charge in [-0.2, -0.15) is 0 Å². The summed E-state index contributed by atoms with van der Waals surface area (Å²) in [4.78, 5) is 11.7. The highest BCUT2D eigenvalue weighted by Gasteiger charge is 2.12. The van der Waals surface area contributed by atoms with Gasteiger partial charge in [0.2, 0.25) is 0 Å². The second kappa shape index (κ2) is 10.3. The summed E-state index contributed by atoms with van der Waals surface area (Å²) in [5, 5.41) is 3.39. The minimum atomic E-state index is 0.528. The van der Waals surface area contributed by atoms with Crippen LogP contribution in [0.1, 0.15) is 38.7 Å². The van der Waals surface area contributed by atoms with Crippen molar-refractivity contribution in [1.29, 1.82) is 0 Å². The van der Waals surface area contributed by atoms with Crippen LogP contribution in [0.15, 0.2) is 0 Å². The summed E-state index contributed by atoms with van der Waals surface area (Å²) >= 11 is 2.30. The normalized spacial score (nSPS) is 11.1. The van der Waals surface area contributed by atoms with Crippen molar-refractivity contribution in [1.82, 2.24) is 14.9 Å². The molecule has 0 aromatic carbocycles. The molecule has 1 rings (SSSR count). The van der Waals surface area contributed by atoms with E-state index in [1.54, 1.807) is 7.11 Å². The number of hydrogen-bond donors (Lipinski definition) is 1. The molecule has 0 spiro atoms. The lowest BCUT2D eigenvalue weighted by Gasteiger charge is -2.18. The molecular weight excluding hydrogens is 379 g/mol. The molecule has 0 aliphatic heterocycles. The predicted octanol–water partition coefficient (Wildman–Crippen LogP) is 2.93. The molecule has 0 aliphatic carbocycles. The van der Waals surface area contributed by atoms with E-state index in [0.717, 1.165) is 59.9 Å². The molecule has 1 aromatic rings. The Labute approximate surface area is 142 Å². The SMILES string of the molecule is CCCNc1nc(CCN(CC)CC)nc(COC)c1I. The summed E-state index contributed by atoms with van der Waals surface area (Å²) in [5.74, 6) is 1.84. The maximum atomic E-state index is 5.26. The van der Waals surface area contributed by atoms with E-state index in [0.29, 0.717) is 6.61 Å². The van der Waals surface area contributed by atoms with E-state index in [9.17, 15) is 0 Å². The van der Waals surface area contributed by atoms with Gasteiger partial charge < -0.3 is 15.0 Å². The third kappa shape index (κ3) is 6.04. The smallest absolute Gasteiger partial charge is 0.143 e. The van der Waals surface area contributed by atoms with Gasteiger partial charge in [-0.1, -0.05) is 20.8 Å². The third-order valence-electron chi connectivity index (χ3n) is 3.34. The number of nitrogens with zero attached hydrogens (tertiary/aromatic N) is 3. The topological polar surface area (TPSA) is 50.3 Å². The van der Waals surface area contributed by atoms with E-state index in [2.05, 4.69) is 63.5 Å². The average Bonchev–Trinajstić information content (AvgIpc) is 2.50. The number of anilines is 1. The molecule has 0 aliphatic rings. The Kier molecular flexibility index (Phi) is 9.10. The standard InChI is InChI=1S/C15H27IN4O/c1-5-9-17-15-14(16)12(11-21-4)18-13(19-15)8-10-20(6-2)7-3/h5-11H2,1-4H3,(H,17,18,19). The lowest BCUT2D eigenvalue weighted by Crippen LogP contribution is -2.26. The first kappa shape index (κ1) is 18.6. The van der Waals surface area contributed by atoms with Crippen LogP contribution in [-0.2, 0) is 17.8 Å². The zero-order valence-corrected chi connectivity index (χ0v) is 15.7. The Morgan fingerprint density at radius 2 is 1.90 bits per heavy atom. The van der Waals surface area contributed by atoms with Gasteiger partial charge in [0.05, 0.1) is 15.9 Å².